The van der Waals surface area contributed by atoms with Gasteiger partial charge in [-0.25, -0.2) is 4.98 Å². The van der Waals surface area contributed by atoms with Gasteiger partial charge in [-0.05, 0) is 41.4 Å². The summed E-state index contributed by atoms with van der Waals surface area (Å²) < 4.78 is 0.912. The van der Waals surface area contributed by atoms with E-state index in [1.165, 1.54) is 0 Å². The summed E-state index contributed by atoms with van der Waals surface area (Å²) in [5, 5.41) is 12.7. The molecule has 0 bridgehead atoms. The first-order valence-corrected chi connectivity index (χ1v) is 5.49. The van der Waals surface area contributed by atoms with Gasteiger partial charge in [-0.3, -0.25) is 0 Å². The third kappa shape index (κ3) is 2.96. The number of aliphatic hydroxyl groups is 1. The molecule has 0 amide bonds. The van der Waals surface area contributed by atoms with Gasteiger partial charge in [0, 0.05) is 6.20 Å². The molecule has 1 aromatic heterocycles. The Balaban J connectivity index is 2.64. The number of anilines is 1. The van der Waals surface area contributed by atoms with Crippen LogP contribution in [-0.2, 0) is 0 Å². The van der Waals surface area contributed by atoms with Crippen LogP contribution in [0.15, 0.2) is 22.8 Å². The summed E-state index contributed by atoms with van der Waals surface area (Å²) in [6, 6.07) is 3.78. The first kappa shape index (κ1) is 11.5. The molecule has 78 valence electrons. The number of hydrogen-bond acceptors (Lipinski definition) is 3. The van der Waals surface area contributed by atoms with Crippen molar-refractivity contribution in [2.45, 2.75) is 32.4 Å². The van der Waals surface area contributed by atoms with Gasteiger partial charge in [0.05, 0.1) is 16.6 Å². The second kappa shape index (κ2) is 5.32. The Kier molecular flexibility index (Phi) is 4.35. The molecule has 1 rings (SSSR count). The number of aromatic nitrogens is 1. The fraction of sp³-hybridized carbons (Fsp3) is 0.500. The highest BCUT2D eigenvalue weighted by atomic mass is 79.9. The van der Waals surface area contributed by atoms with E-state index >= 15 is 0 Å². The molecule has 0 saturated heterocycles. The minimum Gasteiger partial charge on any atom is -0.391 e. The second-order valence-corrected chi connectivity index (χ2v) is 4.10. The Morgan fingerprint density at radius 1 is 1.64 bits per heavy atom. The van der Waals surface area contributed by atoms with Crippen LogP contribution < -0.4 is 5.32 Å². The molecule has 3 nitrogen and oxygen atoms in total. The number of hydrogen-bond donors (Lipinski definition) is 2. The molecule has 14 heavy (non-hydrogen) atoms. The van der Waals surface area contributed by atoms with Crippen molar-refractivity contribution in [2.24, 2.45) is 0 Å². The maximum absolute atomic E-state index is 9.57. The van der Waals surface area contributed by atoms with Crippen molar-refractivity contribution in [1.29, 1.82) is 0 Å². The van der Waals surface area contributed by atoms with Crippen LogP contribution in [0.2, 0.25) is 0 Å². The molecule has 2 N–H and O–H groups in total. The average Bonchev–Trinajstić information content (AvgIpc) is 2.20. The molecule has 1 heterocycles. The number of pyridine rings is 1. The van der Waals surface area contributed by atoms with E-state index in [0.717, 1.165) is 16.7 Å². The lowest BCUT2D eigenvalue weighted by Crippen LogP contribution is -2.30. The van der Waals surface area contributed by atoms with Gasteiger partial charge < -0.3 is 10.4 Å². The topological polar surface area (TPSA) is 45.1 Å². The molecule has 1 aromatic rings. The number of aliphatic hydroxyl groups excluding tert-OH is 1. The summed E-state index contributed by atoms with van der Waals surface area (Å²) in [7, 11) is 0. The van der Waals surface area contributed by atoms with Crippen LogP contribution in [0.1, 0.15) is 20.3 Å². The molecular formula is C10H15BrN2O. The summed E-state index contributed by atoms with van der Waals surface area (Å²) in [4.78, 5) is 4.17. The van der Waals surface area contributed by atoms with Crippen molar-refractivity contribution in [2.75, 3.05) is 5.32 Å². The SMILES string of the molecule is CCC(O)C(C)Nc1ncccc1Br. The van der Waals surface area contributed by atoms with Crippen molar-refractivity contribution >= 4 is 21.7 Å². The summed E-state index contributed by atoms with van der Waals surface area (Å²) >= 11 is 3.39. The quantitative estimate of drug-likeness (QED) is 0.872. The molecule has 0 aliphatic carbocycles. The van der Waals surface area contributed by atoms with Gasteiger partial charge in [-0.15, -0.1) is 0 Å². The normalized spacial score (nSPS) is 14.9. The van der Waals surface area contributed by atoms with E-state index in [0.29, 0.717) is 0 Å². The van der Waals surface area contributed by atoms with E-state index in [4.69, 9.17) is 0 Å². The summed E-state index contributed by atoms with van der Waals surface area (Å²) in [6.45, 7) is 3.89. The molecule has 0 aromatic carbocycles. The van der Waals surface area contributed by atoms with Crippen molar-refractivity contribution in [1.82, 2.24) is 4.98 Å². The van der Waals surface area contributed by atoms with E-state index in [9.17, 15) is 5.11 Å². The smallest absolute Gasteiger partial charge is 0.140 e. The number of rotatable bonds is 4. The van der Waals surface area contributed by atoms with Crippen LogP contribution >= 0.6 is 15.9 Å². The highest BCUT2D eigenvalue weighted by Crippen LogP contribution is 2.19. The van der Waals surface area contributed by atoms with Gasteiger partial charge in [0.2, 0.25) is 0 Å². The summed E-state index contributed by atoms with van der Waals surface area (Å²) in [5.41, 5.74) is 0. The van der Waals surface area contributed by atoms with E-state index in [2.05, 4.69) is 26.2 Å². The number of halogens is 1. The lowest BCUT2D eigenvalue weighted by Gasteiger charge is -2.19. The lowest BCUT2D eigenvalue weighted by molar-refractivity contribution is 0.154. The molecule has 2 unspecified atom stereocenters. The minimum absolute atomic E-state index is 0.00574. The zero-order chi connectivity index (χ0) is 10.6. The van der Waals surface area contributed by atoms with Gasteiger partial charge in [-0.2, -0.15) is 0 Å². The largest absolute Gasteiger partial charge is 0.391 e. The Bertz CT molecular complexity index is 293. The van der Waals surface area contributed by atoms with Gasteiger partial charge >= 0.3 is 0 Å². The summed E-state index contributed by atoms with van der Waals surface area (Å²) in [6.07, 6.45) is 2.11. The van der Waals surface area contributed by atoms with Crippen LogP contribution in [0, 0.1) is 0 Å². The molecule has 0 aliphatic rings. The maximum Gasteiger partial charge on any atom is 0.140 e. The van der Waals surface area contributed by atoms with Gasteiger partial charge in [-0.1, -0.05) is 6.92 Å². The highest BCUT2D eigenvalue weighted by molar-refractivity contribution is 9.10. The lowest BCUT2D eigenvalue weighted by atomic mass is 10.1. The Hall–Kier alpha value is -0.610. The van der Waals surface area contributed by atoms with Crippen molar-refractivity contribution in [3.63, 3.8) is 0 Å². The van der Waals surface area contributed by atoms with Crippen LogP contribution in [0.3, 0.4) is 0 Å². The number of nitrogens with one attached hydrogen (secondary N) is 1. The maximum atomic E-state index is 9.57. The van der Waals surface area contributed by atoms with Gasteiger partial charge in [0.1, 0.15) is 5.82 Å². The first-order chi connectivity index (χ1) is 6.65. The number of nitrogens with zero attached hydrogens (tertiary/aromatic N) is 1. The van der Waals surface area contributed by atoms with E-state index in [1.54, 1.807) is 6.20 Å². The Labute approximate surface area is 92.7 Å². The third-order valence-corrected chi connectivity index (χ3v) is 2.76. The van der Waals surface area contributed by atoms with Crippen LogP contribution in [0.4, 0.5) is 5.82 Å². The van der Waals surface area contributed by atoms with E-state index in [-0.39, 0.29) is 12.1 Å². The van der Waals surface area contributed by atoms with E-state index in [1.807, 2.05) is 26.0 Å². The Morgan fingerprint density at radius 2 is 2.36 bits per heavy atom. The molecule has 0 fully saturated rings. The highest BCUT2D eigenvalue weighted by Gasteiger charge is 2.12. The predicted molar refractivity (Wildman–Crippen MR) is 61.3 cm³/mol. The first-order valence-electron chi connectivity index (χ1n) is 4.70. The molecule has 0 aliphatic heterocycles. The Morgan fingerprint density at radius 3 is 2.93 bits per heavy atom. The third-order valence-electron chi connectivity index (χ3n) is 2.12. The van der Waals surface area contributed by atoms with Crippen molar-refractivity contribution < 1.29 is 5.11 Å². The fourth-order valence-electron chi connectivity index (χ4n) is 1.16. The van der Waals surface area contributed by atoms with Crippen LogP contribution in [-0.4, -0.2) is 22.2 Å². The standard InChI is InChI=1S/C10H15BrN2O/c1-3-9(14)7(2)13-10-8(11)5-4-6-12-10/h4-7,9,14H,3H2,1-2H3,(H,12,13). The average molecular weight is 259 g/mol. The molecule has 0 spiro atoms. The molecule has 0 radical (unpaired) electrons. The monoisotopic (exact) mass is 258 g/mol. The van der Waals surface area contributed by atoms with Gasteiger partial charge in [0.15, 0.2) is 0 Å². The van der Waals surface area contributed by atoms with Crippen molar-refractivity contribution in [3.05, 3.63) is 22.8 Å². The van der Waals surface area contributed by atoms with E-state index < -0.39 is 0 Å². The molecule has 2 atom stereocenters. The van der Waals surface area contributed by atoms with Gasteiger partial charge in [0.25, 0.3) is 0 Å². The zero-order valence-corrected chi connectivity index (χ0v) is 9.95. The second-order valence-electron chi connectivity index (χ2n) is 3.24. The molecule has 4 heteroatoms. The zero-order valence-electron chi connectivity index (χ0n) is 8.37. The predicted octanol–water partition coefficient (Wildman–Crippen LogP) is 2.42. The molecular weight excluding hydrogens is 244 g/mol. The minimum atomic E-state index is -0.344. The van der Waals surface area contributed by atoms with Crippen molar-refractivity contribution in [3.8, 4) is 0 Å². The van der Waals surface area contributed by atoms with Crippen LogP contribution in [0.5, 0.6) is 0 Å². The molecule has 0 saturated carbocycles. The fourth-order valence-corrected chi connectivity index (χ4v) is 1.53. The van der Waals surface area contributed by atoms with Crippen LogP contribution in [0.25, 0.3) is 0 Å². The summed E-state index contributed by atoms with van der Waals surface area (Å²) in [5.74, 6) is 0.771.